The van der Waals surface area contributed by atoms with Gasteiger partial charge in [0.15, 0.2) is 0 Å². The molecule has 26 heavy (non-hydrogen) atoms. The van der Waals surface area contributed by atoms with Crippen LogP contribution in [0.3, 0.4) is 0 Å². The maximum Gasteiger partial charge on any atom is 0.256 e. The fraction of sp³-hybridized carbons (Fsp3) is 0.300. The summed E-state index contributed by atoms with van der Waals surface area (Å²) in [5.41, 5.74) is 1.93. The first-order valence-corrected chi connectivity index (χ1v) is 9.63. The molecule has 1 aliphatic rings. The molecule has 1 unspecified atom stereocenters. The Morgan fingerprint density at radius 1 is 1.12 bits per heavy atom. The van der Waals surface area contributed by atoms with Crippen LogP contribution in [0, 0.1) is 0 Å². The number of thioether (sulfide) groups is 1. The molecule has 1 saturated heterocycles. The summed E-state index contributed by atoms with van der Waals surface area (Å²) in [5.74, 6) is 0.534. The molecule has 1 atom stereocenters. The van der Waals surface area contributed by atoms with Gasteiger partial charge in [-0.2, -0.15) is 0 Å². The zero-order valence-electron chi connectivity index (χ0n) is 14.7. The number of hydrogen-bond donors (Lipinski definition) is 2. The molecule has 0 saturated carbocycles. The first-order valence-electron chi connectivity index (χ1n) is 8.64. The molecule has 2 aromatic rings. The van der Waals surface area contributed by atoms with E-state index in [1.807, 2.05) is 24.3 Å². The van der Waals surface area contributed by atoms with Gasteiger partial charge in [0.1, 0.15) is 0 Å². The number of ether oxygens (including phenoxy) is 1. The lowest BCUT2D eigenvalue weighted by Gasteiger charge is -2.13. The Balaban J connectivity index is 1.68. The highest BCUT2D eigenvalue weighted by atomic mass is 32.2. The van der Waals surface area contributed by atoms with E-state index < -0.39 is 0 Å². The number of anilines is 2. The van der Waals surface area contributed by atoms with Gasteiger partial charge in [-0.1, -0.05) is 18.2 Å². The van der Waals surface area contributed by atoms with Gasteiger partial charge in [-0.25, -0.2) is 0 Å². The Bertz CT molecular complexity index is 788. The van der Waals surface area contributed by atoms with Crippen molar-refractivity contribution in [1.29, 1.82) is 0 Å². The maximum atomic E-state index is 12.7. The van der Waals surface area contributed by atoms with Gasteiger partial charge in [-0.3, -0.25) is 9.59 Å². The van der Waals surface area contributed by atoms with Crippen molar-refractivity contribution in [2.24, 2.45) is 0 Å². The fourth-order valence-corrected chi connectivity index (χ4v) is 3.93. The molecule has 0 bridgehead atoms. The Labute approximate surface area is 157 Å². The lowest BCUT2D eigenvalue weighted by molar-refractivity contribution is -0.114. The lowest BCUT2D eigenvalue weighted by Crippen LogP contribution is -2.14. The number of carbonyl (C=O) groups is 2. The van der Waals surface area contributed by atoms with Crippen LogP contribution < -0.4 is 10.6 Å². The molecule has 2 N–H and O–H groups in total. The van der Waals surface area contributed by atoms with Crippen LogP contribution >= 0.6 is 11.8 Å². The van der Waals surface area contributed by atoms with Gasteiger partial charge in [0, 0.05) is 35.6 Å². The quantitative estimate of drug-likeness (QED) is 0.749. The molecule has 6 heteroatoms. The summed E-state index contributed by atoms with van der Waals surface area (Å²) in [6.45, 7) is 2.28. The molecule has 3 rings (SSSR count). The number of rotatable bonds is 6. The molecule has 1 fully saturated rings. The molecular formula is C20H22N2O3S. The van der Waals surface area contributed by atoms with E-state index in [9.17, 15) is 9.59 Å². The van der Waals surface area contributed by atoms with Crippen molar-refractivity contribution in [2.45, 2.75) is 30.8 Å². The first-order chi connectivity index (χ1) is 12.6. The van der Waals surface area contributed by atoms with Gasteiger partial charge in [0.25, 0.3) is 5.91 Å². The van der Waals surface area contributed by atoms with Crippen LogP contribution in [0.1, 0.15) is 30.1 Å². The average Bonchev–Trinajstić information content (AvgIpc) is 3.13. The molecule has 0 aromatic heterocycles. The largest absolute Gasteiger partial charge is 0.377 e. The summed E-state index contributed by atoms with van der Waals surface area (Å²) in [5, 5.41) is 5.62. The third kappa shape index (κ3) is 5.09. The predicted molar refractivity (Wildman–Crippen MR) is 105 cm³/mol. The standard InChI is InChI=1S/C20H22N2O3S/c1-14(23)21-15-6-4-7-16(12-15)22-20(24)18-9-2-3-10-19(18)26-13-17-8-5-11-25-17/h2-4,6-7,9-10,12,17H,5,8,11,13H2,1H3,(H,21,23)(H,22,24). The minimum atomic E-state index is -0.166. The highest BCUT2D eigenvalue weighted by molar-refractivity contribution is 7.99. The van der Waals surface area contributed by atoms with Crippen LogP contribution in [0.2, 0.25) is 0 Å². The maximum absolute atomic E-state index is 12.7. The summed E-state index contributed by atoms with van der Waals surface area (Å²) < 4.78 is 5.66. The predicted octanol–water partition coefficient (Wildman–Crippen LogP) is 4.17. The lowest BCUT2D eigenvalue weighted by atomic mass is 10.2. The Kier molecular flexibility index (Phi) is 6.30. The first kappa shape index (κ1) is 18.5. The van der Waals surface area contributed by atoms with E-state index >= 15 is 0 Å². The van der Waals surface area contributed by atoms with E-state index in [0.29, 0.717) is 16.9 Å². The summed E-state index contributed by atoms with van der Waals surface area (Å²) in [6.07, 6.45) is 2.46. The van der Waals surface area contributed by atoms with Crippen LogP contribution in [0.4, 0.5) is 11.4 Å². The van der Waals surface area contributed by atoms with Gasteiger partial charge >= 0.3 is 0 Å². The molecule has 0 spiro atoms. The van der Waals surface area contributed by atoms with Gasteiger partial charge in [0.2, 0.25) is 5.91 Å². The van der Waals surface area contributed by atoms with Crippen LogP contribution in [0.25, 0.3) is 0 Å². The SMILES string of the molecule is CC(=O)Nc1cccc(NC(=O)c2ccccc2SCC2CCCO2)c1. The van der Waals surface area contributed by atoms with Crippen molar-refractivity contribution in [3.8, 4) is 0 Å². The van der Waals surface area contributed by atoms with Crippen molar-refractivity contribution in [1.82, 2.24) is 0 Å². The molecule has 1 aliphatic heterocycles. The van der Waals surface area contributed by atoms with E-state index in [4.69, 9.17) is 4.74 Å². The van der Waals surface area contributed by atoms with E-state index in [2.05, 4.69) is 10.6 Å². The second-order valence-electron chi connectivity index (χ2n) is 6.16. The second-order valence-corrected chi connectivity index (χ2v) is 7.22. The topological polar surface area (TPSA) is 67.4 Å². The molecule has 0 radical (unpaired) electrons. The Morgan fingerprint density at radius 3 is 2.62 bits per heavy atom. The zero-order valence-corrected chi connectivity index (χ0v) is 15.5. The van der Waals surface area contributed by atoms with Crippen molar-refractivity contribution < 1.29 is 14.3 Å². The molecular weight excluding hydrogens is 348 g/mol. The molecule has 136 valence electrons. The van der Waals surface area contributed by atoms with Crippen molar-refractivity contribution in [3.63, 3.8) is 0 Å². The van der Waals surface area contributed by atoms with Crippen LogP contribution in [-0.4, -0.2) is 30.3 Å². The van der Waals surface area contributed by atoms with E-state index in [0.717, 1.165) is 30.1 Å². The highest BCUT2D eigenvalue weighted by Crippen LogP contribution is 2.27. The van der Waals surface area contributed by atoms with Crippen molar-refractivity contribution in [2.75, 3.05) is 23.0 Å². The normalized spacial score (nSPS) is 16.3. The third-order valence-corrected chi connectivity index (χ3v) is 5.23. The minimum absolute atomic E-state index is 0.149. The van der Waals surface area contributed by atoms with Gasteiger partial charge in [-0.15, -0.1) is 11.8 Å². The van der Waals surface area contributed by atoms with Gasteiger partial charge < -0.3 is 15.4 Å². The number of benzene rings is 2. The van der Waals surface area contributed by atoms with E-state index in [-0.39, 0.29) is 17.9 Å². The van der Waals surface area contributed by atoms with Crippen LogP contribution in [-0.2, 0) is 9.53 Å². The molecule has 2 aromatic carbocycles. The third-order valence-electron chi connectivity index (χ3n) is 4.02. The van der Waals surface area contributed by atoms with Crippen LogP contribution in [0.15, 0.2) is 53.4 Å². The van der Waals surface area contributed by atoms with Gasteiger partial charge in [-0.05, 0) is 43.2 Å². The Hall–Kier alpha value is -2.31. The monoisotopic (exact) mass is 370 g/mol. The number of nitrogens with one attached hydrogen (secondary N) is 2. The molecule has 2 amide bonds. The molecule has 0 aliphatic carbocycles. The van der Waals surface area contributed by atoms with Crippen molar-refractivity contribution in [3.05, 3.63) is 54.1 Å². The van der Waals surface area contributed by atoms with Crippen molar-refractivity contribution >= 4 is 35.0 Å². The van der Waals surface area contributed by atoms with Crippen LogP contribution in [0.5, 0.6) is 0 Å². The zero-order chi connectivity index (χ0) is 18.4. The highest BCUT2D eigenvalue weighted by Gasteiger charge is 2.18. The molecule has 1 heterocycles. The molecule has 5 nitrogen and oxygen atoms in total. The number of carbonyl (C=O) groups excluding carboxylic acids is 2. The van der Waals surface area contributed by atoms with E-state index in [1.165, 1.54) is 6.92 Å². The number of hydrogen-bond acceptors (Lipinski definition) is 4. The fourth-order valence-electron chi connectivity index (χ4n) is 2.81. The summed E-state index contributed by atoms with van der Waals surface area (Å²) in [4.78, 5) is 24.8. The smallest absolute Gasteiger partial charge is 0.256 e. The second kappa shape index (κ2) is 8.87. The summed E-state index contributed by atoms with van der Waals surface area (Å²) in [6, 6.07) is 14.7. The van der Waals surface area contributed by atoms with Gasteiger partial charge in [0.05, 0.1) is 11.7 Å². The van der Waals surface area contributed by atoms with E-state index in [1.54, 1.807) is 36.0 Å². The summed E-state index contributed by atoms with van der Waals surface area (Å²) in [7, 11) is 0. The Morgan fingerprint density at radius 2 is 1.88 bits per heavy atom. The summed E-state index contributed by atoms with van der Waals surface area (Å²) >= 11 is 1.65. The minimum Gasteiger partial charge on any atom is -0.377 e. The average molecular weight is 370 g/mol. The number of amides is 2.